The number of rotatable bonds is 10. The largest absolute Gasteiger partial charge is 0.456 e. The van der Waals surface area contributed by atoms with Crippen molar-refractivity contribution in [2.45, 2.75) is 92.9 Å². The molecule has 4 aliphatic rings. The summed E-state index contributed by atoms with van der Waals surface area (Å²) in [7, 11) is 0. The van der Waals surface area contributed by atoms with Crippen LogP contribution >= 0.6 is 0 Å². The smallest absolute Gasteiger partial charge is 0.256 e. The van der Waals surface area contributed by atoms with Gasteiger partial charge in [-0.2, -0.15) is 0 Å². The van der Waals surface area contributed by atoms with E-state index in [0.717, 1.165) is 105 Å². The summed E-state index contributed by atoms with van der Waals surface area (Å²) in [6.45, 7) is 17.7. The Kier molecular flexibility index (Phi) is 11.3. The Balaban J connectivity index is 1.15. The number of hydrogen-bond donors (Lipinski definition) is 0. The number of benzene rings is 9. The molecule has 0 saturated carbocycles. The quantitative estimate of drug-likeness (QED) is 0.128. The third-order valence-electron chi connectivity index (χ3n) is 16.7. The highest BCUT2D eigenvalue weighted by Gasteiger charge is 2.52. The van der Waals surface area contributed by atoms with Crippen molar-refractivity contribution in [1.82, 2.24) is 0 Å². The molecule has 4 heterocycles. The molecule has 0 aromatic heterocycles. The van der Waals surface area contributed by atoms with Gasteiger partial charge in [-0.25, -0.2) is 0 Å². The number of hydrogen-bond acceptors (Lipinski definition) is 4. The Labute approximate surface area is 438 Å². The number of aryl methyl sites for hydroxylation is 4. The lowest BCUT2D eigenvalue weighted by molar-refractivity contribution is 0.477. The summed E-state index contributed by atoms with van der Waals surface area (Å²) in [4.78, 5) is 5.01. The fraction of sp³-hybridized carbons (Fsp3) is 0.206. The van der Waals surface area contributed by atoms with Gasteiger partial charge in [-0.05, 0) is 164 Å². The average molecular weight is 961 g/mol. The van der Waals surface area contributed by atoms with Gasteiger partial charge in [0.25, 0.3) is 13.4 Å². The molecule has 0 atom stereocenters. The van der Waals surface area contributed by atoms with Crippen molar-refractivity contribution in [2.24, 2.45) is 0 Å². The molecule has 9 aromatic rings. The molecule has 0 radical (unpaired) electrons. The lowest BCUT2D eigenvalue weighted by Crippen LogP contribution is -2.64. The van der Waals surface area contributed by atoms with Crippen LogP contribution in [0.1, 0.15) is 101 Å². The molecule has 362 valence electrons. The van der Waals surface area contributed by atoms with Gasteiger partial charge >= 0.3 is 0 Å². The molecule has 0 fully saturated rings. The number of ether oxygens (including phenoxy) is 2. The second-order valence-corrected chi connectivity index (χ2v) is 21.5. The molecule has 4 nitrogen and oxygen atoms in total. The first kappa shape index (κ1) is 46.1. The Hall–Kier alpha value is -7.69. The Bertz CT molecular complexity index is 3430. The minimum atomic E-state index is -0.166. The molecular weight excluding hydrogens is 898 g/mol. The summed E-state index contributed by atoms with van der Waals surface area (Å²) in [6.07, 6.45) is 3.78. The molecule has 9 aromatic carbocycles. The first-order valence-electron chi connectivity index (χ1n) is 27.3. The molecule has 0 bridgehead atoms. The number of fused-ring (bicyclic) bond motifs is 10. The molecule has 13 rings (SSSR count). The molecule has 0 saturated heterocycles. The molecular formula is C68H62B2N2O2. The fourth-order valence-electron chi connectivity index (χ4n) is 12.3. The Morgan fingerprint density at radius 3 is 1.07 bits per heavy atom. The molecule has 0 spiro atoms. The van der Waals surface area contributed by atoms with E-state index in [1.807, 2.05) is 0 Å². The zero-order chi connectivity index (χ0) is 50.5. The zero-order valence-electron chi connectivity index (χ0n) is 44.0. The predicted molar refractivity (Wildman–Crippen MR) is 315 cm³/mol. The van der Waals surface area contributed by atoms with E-state index in [1.165, 1.54) is 66.6 Å². The lowest BCUT2D eigenvalue weighted by atomic mass is 9.31. The van der Waals surface area contributed by atoms with E-state index in [4.69, 9.17) is 9.47 Å². The highest BCUT2D eigenvalue weighted by atomic mass is 16.5. The van der Waals surface area contributed by atoms with E-state index >= 15 is 0 Å². The summed E-state index contributed by atoms with van der Waals surface area (Å²) in [5, 5.41) is 0. The standard InChI is InChI=1S/C68H62B2N2O2/c1-9-43-13-29-53(30-14-43)71-59-33-17-45(11-3)37-55(59)69-57-39-51(49-23-19-47(20-24-49)41(5)6)28-36-62(57)74-68-63(69)65(71)67-64-66(68)72(54-31-15-44(10-2)16-32-54)60-34-18-46(12-4)38-56(60)70(64)58-40-52(27-35-61(58)73-67)50-25-21-48(22-26-50)42(7)8/h13-42H,9-12H2,1-8H3. The fourth-order valence-corrected chi connectivity index (χ4v) is 12.3. The number of anilines is 6. The Morgan fingerprint density at radius 1 is 0.365 bits per heavy atom. The second kappa shape index (κ2) is 18.1. The van der Waals surface area contributed by atoms with Gasteiger partial charge in [-0.1, -0.05) is 177 Å². The third-order valence-corrected chi connectivity index (χ3v) is 16.7. The van der Waals surface area contributed by atoms with Gasteiger partial charge in [0.2, 0.25) is 0 Å². The Morgan fingerprint density at radius 2 is 0.716 bits per heavy atom. The maximum atomic E-state index is 7.77. The van der Waals surface area contributed by atoms with Crippen LogP contribution in [0, 0.1) is 0 Å². The van der Waals surface area contributed by atoms with Crippen LogP contribution in [0.5, 0.6) is 23.0 Å². The summed E-state index contributed by atoms with van der Waals surface area (Å²) in [5.74, 6) is 4.45. The van der Waals surface area contributed by atoms with Gasteiger partial charge in [-0.3, -0.25) is 0 Å². The monoisotopic (exact) mass is 960 g/mol. The van der Waals surface area contributed by atoms with Gasteiger partial charge in [-0.15, -0.1) is 0 Å². The van der Waals surface area contributed by atoms with Crippen LogP contribution < -0.4 is 52.1 Å². The SMILES string of the molecule is CCc1ccc(N2c3ccc(CC)cc3B3c4cc(-c5ccc(C(C)C)cc5)ccc4Oc4c3c2c2c3c4N(c4ccc(CC)cc4)c4ccc(CC)cc4B3c3cc(-c4ccc(C(C)C)cc4)ccc3O2)cc1. The molecule has 0 unspecified atom stereocenters. The van der Waals surface area contributed by atoms with Crippen LogP contribution in [0.15, 0.2) is 170 Å². The van der Waals surface area contributed by atoms with Crippen molar-refractivity contribution in [2.75, 3.05) is 9.80 Å². The normalized spacial score (nSPS) is 13.4. The van der Waals surface area contributed by atoms with Gasteiger partial charge in [0.05, 0.1) is 11.4 Å². The summed E-state index contributed by atoms with van der Waals surface area (Å²) >= 11 is 0. The van der Waals surface area contributed by atoms with Crippen molar-refractivity contribution in [3.8, 4) is 45.3 Å². The van der Waals surface area contributed by atoms with Crippen molar-refractivity contribution in [1.29, 1.82) is 0 Å². The molecule has 0 amide bonds. The predicted octanol–water partition coefficient (Wildman–Crippen LogP) is 14.3. The maximum Gasteiger partial charge on any atom is 0.256 e. The van der Waals surface area contributed by atoms with Crippen LogP contribution in [-0.2, 0) is 25.7 Å². The maximum absolute atomic E-state index is 7.77. The van der Waals surface area contributed by atoms with Crippen LogP contribution in [0.4, 0.5) is 34.1 Å². The van der Waals surface area contributed by atoms with Gasteiger partial charge in [0.1, 0.15) is 23.0 Å². The lowest BCUT2D eigenvalue weighted by Gasteiger charge is -2.47. The zero-order valence-corrected chi connectivity index (χ0v) is 44.0. The highest BCUT2D eigenvalue weighted by Crippen LogP contribution is 2.54. The van der Waals surface area contributed by atoms with Crippen molar-refractivity contribution < 1.29 is 9.47 Å². The van der Waals surface area contributed by atoms with Crippen molar-refractivity contribution in [3.05, 3.63) is 203 Å². The van der Waals surface area contributed by atoms with Gasteiger partial charge in [0.15, 0.2) is 0 Å². The second-order valence-electron chi connectivity index (χ2n) is 21.5. The third kappa shape index (κ3) is 7.27. The summed E-state index contributed by atoms with van der Waals surface area (Å²) in [6, 6.07) is 64.8. The van der Waals surface area contributed by atoms with Crippen molar-refractivity contribution >= 4 is 80.3 Å². The topological polar surface area (TPSA) is 24.9 Å². The molecule has 6 heteroatoms. The summed E-state index contributed by atoms with van der Waals surface area (Å²) in [5.41, 5.74) is 26.4. The van der Waals surface area contributed by atoms with E-state index in [9.17, 15) is 0 Å². The van der Waals surface area contributed by atoms with Crippen molar-refractivity contribution in [3.63, 3.8) is 0 Å². The van der Waals surface area contributed by atoms with Gasteiger partial charge in [0, 0.05) is 33.7 Å². The van der Waals surface area contributed by atoms with E-state index < -0.39 is 0 Å². The number of nitrogens with zero attached hydrogens (tertiary/aromatic N) is 2. The van der Waals surface area contributed by atoms with Crippen LogP contribution in [0.25, 0.3) is 22.3 Å². The first-order valence-corrected chi connectivity index (χ1v) is 27.3. The van der Waals surface area contributed by atoms with E-state index in [0.29, 0.717) is 11.8 Å². The molecule has 74 heavy (non-hydrogen) atoms. The van der Waals surface area contributed by atoms with E-state index in [2.05, 4.69) is 235 Å². The summed E-state index contributed by atoms with van der Waals surface area (Å²) < 4.78 is 15.5. The molecule has 4 aliphatic heterocycles. The minimum Gasteiger partial charge on any atom is -0.456 e. The van der Waals surface area contributed by atoms with Crippen LogP contribution in [0.3, 0.4) is 0 Å². The van der Waals surface area contributed by atoms with E-state index in [-0.39, 0.29) is 13.4 Å². The first-order chi connectivity index (χ1) is 36.1. The minimum absolute atomic E-state index is 0.166. The van der Waals surface area contributed by atoms with Crippen LogP contribution in [0.2, 0.25) is 0 Å². The van der Waals surface area contributed by atoms with E-state index in [1.54, 1.807) is 0 Å². The molecule has 0 N–H and O–H groups in total. The van der Waals surface area contributed by atoms with Crippen LogP contribution in [-0.4, -0.2) is 13.4 Å². The van der Waals surface area contributed by atoms with Gasteiger partial charge < -0.3 is 19.3 Å². The molecule has 0 aliphatic carbocycles. The highest BCUT2D eigenvalue weighted by molar-refractivity contribution is 7.02. The average Bonchev–Trinajstić information content (AvgIpc) is 3.45.